The number of hydrogen-bond donors (Lipinski definition) is 0. The maximum atomic E-state index is 13.1. The lowest BCUT2D eigenvalue weighted by Gasteiger charge is -2.31. The van der Waals surface area contributed by atoms with Crippen LogP contribution in [0.1, 0.15) is 33.3 Å². The molecule has 0 fully saturated rings. The SMILES string of the molecule is C#Cc1cccc(N(COC(=O)N(C(C)C)C(C)C)c2ncnc3cc(OCCOC)c(OCCOC)cc23)c1. The zero-order valence-corrected chi connectivity index (χ0v) is 24.0. The van der Waals surface area contributed by atoms with Gasteiger partial charge in [0.05, 0.1) is 18.7 Å². The van der Waals surface area contributed by atoms with E-state index in [0.717, 1.165) is 0 Å². The van der Waals surface area contributed by atoms with E-state index in [4.69, 9.17) is 30.1 Å². The number of aromatic nitrogens is 2. The molecule has 0 aliphatic heterocycles. The lowest BCUT2D eigenvalue weighted by molar-refractivity contribution is 0.0810. The fraction of sp³-hybridized carbons (Fsp3) is 0.433. The van der Waals surface area contributed by atoms with Gasteiger partial charge in [-0.05, 0) is 52.0 Å². The third-order valence-corrected chi connectivity index (χ3v) is 5.99. The van der Waals surface area contributed by atoms with Gasteiger partial charge in [0.1, 0.15) is 25.4 Å². The molecule has 1 amide bonds. The molecule has 0 saturated heterocycles. The Bertz CT molecular complexity index is 1300. The van der Waals surface area contributed by atoms with E-state index in [-0.39, 0.29) is 18.8 Å². The molecule has 1 aromatic heterocycles. The number of benzene rings is 2. The number of hydrogen-bond acceptors (Lipinski definition) is 9. The summed E-state index contributed by atoms with van der Waals surface area (Å²) in [6.45, 7) is 9.16. The minimum atomic E-state index is -0.432. The fourth-order valence-corrected chi connectivity index (χ4v) is 4.19. The quantitative estimate of drug-likeness (QED) is 0.156. The Morgan fingerprint density at radius 2 is 1.57 bits per heavy atom. The second kappa shape index (κ2) is 14.9. The standard InChI is InChI=1S/C30H38N4O6/c1-8-23-10-9-11-24(16-23)33(20-40-30(35)34(21(2)3)22(4)5)29-25-17-27(38-14-12-36-6)28(39-15-13-37-7)18-26(25)31-19-32-29/h1,9-11,16-19,21-22H,12-15,20H2,2-7H3. The molecule has 1 heterocycles. The van der Waals surface area contributed by atoms with Crippen LogP contribution < -0.4 is 14.4 Å². The van der Waals surface area contributed by atoms with Crippen molar-refractivity contribution in [3.8, 4) is 23.8 Å². The highest BCUT2D eigenvalue weighted by Gasteiger charge is 2.24. The molecule has 0 saturated carbocycles. The molecule has 2 aromatic carbocycles. The zero-order chi connectivity index (χ0) is 29.1. The number of carbonyl (C=O) groups excluding carboxylic acids is 1. The van der Waals surface area contributed by atoms with Crippen LogP contribution in [0.2, 0.25) is 0 Å². The van der Waals surface area contributed by atoms with Crippen LogP contribution in [0.4, 0.5) is 16.3 Å². The monoisotopic (exact) mass is 550 g/mol. The lowest BCUT2D eigenvalue weighted by Crippen LogP contribution is -2.43. The summed E-state index contributed by atoms with van der Waals surface area (Å²) in [5, 5.41) is 0.667. The summed E-state index contributed by atoms with van der Waals surface area (Å²) in [5.74, 6) is 4.18. The van der Waals surface area contributed by atoms with Gasteiger partial charge in [-0.2, -0.15) is 0 Å². The van der Waals surface area contributed by atoms with E-state index in [1.165, 1.54) is 6.33 Å². The van der Waals surface area contributed by atoms with Crippen LogP contribution in [0.15, 0.2) is 42.7 Å². The van der Waals surface area contributed by atoms with E-state index < -0.39 is 6.09 Å². The van der Waals surface area contributed by atoms with Gasteiger partial charge in [-0.25, -0.2) is 14.8 Å². The van der Waals surface area contributed by atoms with Crippen LogP contribution in [0.25, 0.3) is 10.9 Å². The Kier molecular flexibility index (Phi) is 11.4. The second-order valence-corrected chi connectivity index (χ2v) is 9.45. The molecule has 3 aromatic rings. The number of fused-ring (bicyclic) bond motifs is 1. The Balaban J connectivity index is 2.09. The topological polar surface area (TPSA) is 95.5 Å². The van der Waals surface area contributed by atoms with Crippen LogP contribution in [-0.2, 0) is 14.2 Å². The maximum absolute atomic E-state index is 13.1. The van der Waals surface area contributed by atoms with Gasteiger partial charge in [0.15, 0.2) is 18.2 Å². The first-order valence-electron chi connectivity index (χ1n) is 13.1. The number of nitrogens with zero attached hydrogens (tertiary/aromatic N) is 4. The van der Waals surface area contributed by atoms with Gasteiger partial charge in [0.25, 0.3) is 0 Å². The van der Waals surface area contributed by atoms with Crippen LogP contribution in [-0.4, -0.2) is 80.4 Å². The average Bonchev–Trinajstić information content (AvgIpc) is 2.93. The van der Waals surface area contributed by atoms with Gasteiger partial charge in [0.2, 0.25) is 0 Å². The highest BCUT2D eigenvalue weighted by atomic mass is 16.6. The minimum absolute atomic E-state index is 0.0334. The van der Waals surface area contributed by atoms with Crippen LogP contribution in [0.5, 0.6) is 11.5 Å². The number of ether oxygens (including phenoxy) is 5. The van der Waals surface area contributed by atoms with Gasteiger partial charge < -0.3 is 28.6 Å². The van der Waals surface area contributed by atoms with E-state index in [0.29, 0.717) is 65.9 Å². The van der Waals surface area contributed by atoms with E-state index in [2.05, 4.69) is 15.9 Å². The largest absolute Gasteiger partial charge is 0.487 e. The predicted octanol–water partition coefficient (Wildman–Crippen LogP) is 5.01. The number of anilines is 2. The predicted molar refractivity (Wildman–Crippen MR) is 154 cm³/mol. The van der Waals surface area contributed by atoms with Gasteiger partial charge in [0, 0.05) is 49.0 Å². The van der Waals surface area contributed by atoms with E-state index in [1.807, 2.05) is 58.0 Å². The summed E-state index contributed by atoms with van der Waals surface area (Å²) in [6, 6.07) is 10.9. The van der Waals surface area contributed by atoms with Crippen LogP contribution in [0.3, 0.4) is 0 Å². The molecular formula is C30H38N4O6. The second-order valence-electron chi connectivity index (χ2n) is 9.45. The third kappa shape index (κ3) is 7.74. The minimum Gasteiger partial charge on any atom is -0.487 e. The zero-order valence-electron chi connectivity index (χ0n) is 24.0. The Morgan fingerprint density at radius 3 is 2.17 bits per heavy atom. The molecule has 0 aliphatic carbocycles. The van der Waals surface area contributed by atoms with E-state index >= 15 is 0 Å². The highest BCUT2D eigenvalue weighted by molar-refractivity contribution is 5.93. The number of methoxy groups -OCH3 is 2. The highest BCUT2D eigenvalue weighted by Crippen LogP contribution is 2.37. The van der Waals surface area contributed by atoms with E-state index in [1.54, 1.807) is 30.1 Å². The first kappa shape index (κ1) is 30.5. The smallest absolute Gasteiger partial charge is 0.411 e. The van der Waals surface area contributed by atoms with Crippen molar-refractivity contribution in [2.45, 2.75) is 39.8 Å². The fourth-order valence-electron chi connectivity index (χ4n) is 4.19. The average molecular weight is 551 g/mol. The van der Waals surface area contributed by atoms with Gasteiger partial charge in [-0.3, -0.25) is 4.90 Å². The first-order valence-corrected chi connectivity index (χ1v) is 13.1. The van der Waals surface area contributed by atoms with Crippen molar-refractivity contribution in [2.75, 3.05) is 52.3 Å². The number of terminal acetylenes is 1. The van der Waals surface area contributed by atoms with Gasteiger partial charge in [-0.1, -0.05) is 12.0 Å². The molecular weight excluding hydrogens is 512 g/mol. The Labute approximate surface area is 236 Å². The summed E-state index contributed by atoms with van der Waals surface area (Å²) in [6.07, 6.45) is 6.71. The van der Waals surface area contributed by atoms with Crippen molar-refractivity contribution >= 4 is 28.5 Å². The maximum Gasteiger partial charge on any atom is 0.411 e. The number of rotatable bonds is 14. The van der Waals surface area contributed by atoms with Gasteiger partial charge in [-0.15, -0.1) is 6.42 Å². The van der Waals surface area contributed by atoms with E-state index in [9.17, 15) is 4.79 Å². The first-order chi connectivity index (χ1) is 19.3. The summed E-state index contributed by atoms with van der Waals surface area (Å²) in [7, 11) is 3.21. The molecule has 40 heavy (non-hydrogen) atoms. The molecule has 3 rings (SSSR count). The van der Waals surface area contributed by atoms with Crippen molar-refractivity contribution in [1.29, 1.82) is 0 Å². The number of carbonyl (C=O) groups is 1. The Hall–Kier alpha value is -4.07. The third-order valence-electron chi connectivity index (χ3n) is 5.99. The molecule has 10 nitrogen and oxygen atoms in total. The van der Waals surface area contributed by atoms with Crippen molar-refractivity contribution in [3.05, 3.63) is 48.3 Å². The summed E-state index contributed by atoms with van der Waals surface area (Å²) >= 11 is 0. The van der Waals surface area contributed by atoms with Crippen molar-refractivity contribution in [2.24, 2.45) is 0 Å². The molecule has 0 spiro atoms. The molecule has 0 aliphatic rings. The molecule has 0 bridgehead atoms. The molecule has 0 unspecified atom stereocenters. The van der Waals surface area contributed by atoms with Gasteiger partial charge >= 0.3 is 6.09 Å². The normalized spacial score (nSPS) is 11.0. The molecule has 0 atom stereocenters. The van der Waals surface area contributed by atoms with Crippen molar-refractivity contribution in [1.82, 2.24) is 14.9 Å². The van der Waals surface area contributed by atoms with Crippen molar-refractivity contribution < 1.29 is 28.5 Å². The summed E-state index contributed by atoms with van der Waals surface area (Å²) in [4.78, 5) is 25.6. The van der Waals surface area contributed by atoms with Crippen LogP contribution >= 0.6 is 0 Å². The Morgan fingerprint density at radius 1 is 0.925 bits per heavy atom. The van der Waals surface area contributed by atoms with Crippen molar-refractivity contribution in [3.63, 3.8) is 0 Å². The van der Waals surface area contributed by atoms with Crippen LogP contribution in [0, 0.1) is 12.3 Å². The molecule has 214 valence electrons. The summed E-state index contributed by atoms with van der Waals surface area (Å²) in [5.41, 5.74) is 1.99. The molecule has 0 N–H and O–H groups in total. The molecule has 10 heteroatoms. The summed E-state index contributed by atoms with van der Waals surface area (Å²) < 4.78 is 28.0. The lowest BCUT2D eigenvalue weighted by atomic mass is 10.1. The molecule has 0 radical (unpaired) electrons. The number of amides is 1.